The number of nitrogens with two attached hydrogens (primary N) is 1. The molecule has 142 valence electrons. The number of benzene rings is 2. The van der Waals surface area contributed by atoms with Gasteiger partial charge in [-0.2, -0.15) is 0 Å². The molecule has 8 nitrogen and oxygen atoms in total. The Morgan fingerprint density at radius 3 is 2.33 bits per heavy atom. The first-order valence-corrected chi connectivity index (χ1v) is 9.71. The van der Waals surface area contributed by atoms with Gasteiger partial charge in [0.1, 0.15) is 5.75 Å². The molecule has 27 heavy (non-hydrogen) atoms. The van der Waals surface area contributed by atoms with Gasteiger partial charge < -0.3 is 15.0 Å². The molecule has 0 aromatic heterocycles. The maximum atomic E-state index is 12.5. The summed E-state index contributed by atoms with van der Waals surface area (Å²) in [6, 6.07) is 12.6. The summed E-state index contributed by atoms with van der Waals surface area (Å²) in [6.45, 7) is 0.270. The van der Waals surface area contributed by atoms with Crippen LogP contribution < -0.4 is 20.1 Å². The molecule has 2 aromatic rings. The van der Waals surface area contributed by atoms with E-state index < -0.39 is 15.9 Å². The van der Waals surface area contributed by atoms with Gasteiger partial charge in [0.15, 0.2) is 0 Å². The minimum absolute atomic E-state index is 0.0396. The molecule has 1 aliphatic heterocycles. The lowest BCUT2D eigenvalue weighted by Crippen LogP contribution is -2.28. The van der Waals surface area contributed by atoms with E-state index in [4.69, 9.17) is 9.88 Å². The summed E-state index contributed by atoms with van der Waals surface area (Å²) in [4.78, 5) is 26.3. The zero-order chi connectivity index (χ0) is 19.6. The van der Waals surface area contributed by atoms with Gasteiger partial charge in [0.25, 0.3) is 0 Å². The van der Waals surface area contributed by atoms with Crippen molar-refractivity contribution < 1.29 is 22.7 Å². The molecule has 9 heteroatoms. The van der Waals surface area contributed by atoms with E-state index in [1.165, 1.54) is 24.3 Å². The Hall–Kier alpha value is -2.91. The Morgan fingerprint density at radius 1 is 1.15 bits per heavy atom. The highest BCUT2D eigenvalue weighted by Crippen LogP contribution is 2.27. The van der Waals surface area contributed by atoms with Crippen molar-refractivity contribution in [3.8, 4) is 5.75 Å². The van der Waals surface area contributed by atoms with Crippen molar-refractivity contribution in [2.75, 3.05) is 23.9 Å². The van der Waals surface area contributed by atoms with Gasteiger partial charge in [0, 0.05) is 24.3 Å². The van der Waals surface area contributed by atoms with Crippen LogP contribution in [0.4, 0.5) is 11.4 Å². The summed E-state index contributed by atoms with van der Waals surface area (Å²) in [5.41, 5.74) is 1.14. The van der Waals surface area contributed by atoms with Crippen molar-refractivity contribution in [2.24, 2.45) is 11.1 Å². The highest BCUT2D eigenvalue weighted by atomic mass is 32.2. The second-order valence-electron chi connectivity index (χ2n) is 6.16. The molecule has 3 N–H and O–H groups in total. The molecule has 0 saturated carbocycles. The smallest absolute Gasteiger partial charge is 0.238 e. The lowest BCUT2D eigenvalue weighted by molar-refractivity contribution is -0.122. The van der Waals surface area contributed by atoms with Gasteiger partial charge >= 0.3 is 0 Å². The summed E-state index contributed by atoms with van der Waals surface area (Å²) in [5, 5.41) is 7.75. The SMILES string of the molecule is COc1ccc(N2C[C@H](C(=O)Nc3ccc(S(N)(=O)=O)cc3)CC2=O)cc1. The summed E-state index contributed by atoms with van der Waals surface area (Å²) in [6.07, 6.45) is 0.104. The zero-order valence-corrected chi connectivity index (χ0v) is 15.4. The molecule has 0 spiro atoms. The van der Waals surface area contributed by atoms with Crippen LogP contribution in [0.1, 0.15) is 6.42 Å². The fourth-order valence-corrected chi connectivity index (χ4v) is 3.38. The number of hydrogen-bond acceptors (Lipinski definition) is 5. The van der Waals surface area contributed by atoms with Crippen LogP contribution in [0.25, 0.3) is 0 Å². The van der Waals surface area contributed by atoms with Crippen LogP contribution in [0.2, 0.25) is 0 Å². The number of primary sulfonamides is 1. The maximum absolute atomic E-state index is 12.5. The molecule has 0 bridgehead atoms. The second kappa shape index (κ2) is 7.37. The van der Waals surface area contributed by atoms with Crippen molar-refractivity contribution in [3.05, 3.63) is 48.5 Å². The predicted molar refractivity (Wildman–Crippen MR) is 99.9 cm³/mol. The first-order chi connectivity index (χ1) is 12.8. The summed E-state index contributed by atoms with van der Waals surface area (Å²) >= 11 is 0. The number of hydrogen-bond donors (Lipinski definition) is 2. The number of carbonyl (C=O) groups excluding carboxylic acids is 2. The third kappa shape index (κ3) is 4.26. The molecule has 1 saturated heterocycles. The number of anilines is 2. The first kappa shape index (κ1) is 18.9. The standard InChI is InChI=1S/C18H19N3O5S/c1-26-15-6-4-14(5-7-15)21-11-12(10-17(21)22)18(23)20-13-2-8-16(9-3-13)27(19,24)25/h2-9,12H,10-11H2,1H3,(H,20,23)(H2,19,24,25)/t12-/m1/s1. The van der Waals surface area contributed by atoms with E-state index in [1.807, 2.05) is 0 Å². The molecule has 2 aromatic carbocycles. The van der Waals surface area contributed by atoms with E-state index in [9.17, 15) is 18.0 Å². The number of sulfonamides is 1. The summed E-state index contributed by atoms with van der Waals surface area (Å²) < 4.78 is 27.6. The fourth-order valence-electron chi connectivity index (χ4n) is 2.87. The van der Waals surface area contributed by atoms with Crippen molar-refractivity contribution in [1.82, 2.24) is 0 Å². The van der Waals surface area contributed by atoms with Crippen LogP contribution in [0, 0.1) is 5.92 Å². The van der Waals surface area contributed by atoms with Gasteiger partial charge in [-0.15, -0.1) is 0 Å². The lowest BCUT2D eigenvalue weighted by atomic mass is 10.1. The largest absolute Gasteiger partial charge is 0.497 e. The third-order valence-electron chi connectivity index (χ3n) is 4.33. The molecular weight excluding hydrogens is 370 g/mol. The quantitative estimate of drug-likeness (QED) is 0.800. The monoisotopic (exact) mass is 389 g/mol. The van der Waals surface area contributed by atoms with Gasteiger partial charge in [-0.05, 0) is 48.5 Å². The molecule has 1 atom stereocenters. The third-order valence-corrected chi connectivity index (χ3v) is 5.26. The molecule has 1 aliphatic rings. The molecule has 1 heterocycles. The Morgan fingerprint density at radius 2 is 1.78 bits per heavy atom. The minimum atomic E-state index is -3.79. The second-order valence-corrected chi connectivity index (χ2v) is 7.72. The van der Waals surface area contributed by atoms with Crippen molar-refractivity contribution in [3.63, 3.8) is 0 Å². The van der Waals surface area contributed by atoms with E-state index in [2.05, 4.69) is 5.32 Å². The lowest BCUT2D eigenvalue weighted by Gasteiger charge is -2.17. The average Bonchev–Trinajstić information content (AvgIpc) is 3.03. The van der Waals surface area contributed by atoms with Crippen LogP contribution in [-0.4, -0.2) is 33.9 Å². The number of carbonyl (C=O) groups is 2. The number of nitrogens with zero attached hydrogens (tertiary/aromatic N) is 1. The average molecular weight is 389 g/mol. The normalized spacial score (nSPS) is 17.0. The number of methoxy groups -OCH3 is 1. The highest BCUT2D eigenvalue weighted by molar-refractivity contribution is 7.89. The van der Waals surface area contributed by atoms with E-state index in [1.54, 1.807) is 36.3 Å². The number of amides is 2. The Labute approximate surface area is 157 Å². The fraction of sp³-hybridized carbons (Fsp3) is 0.222. The van der Waals surface area contributed by atoms with E-state index in [0.29, 0.717) is 17.1 Å². The molecule has 3 rings (SSSR count). The van der Waals surface area contributed by atoms with Crippen molar-refractivity contribution >= 4 is 33.2 Å². The number of rotatable bonds is 5. The number of ether oxygens (including phenoxy) is 1. The Bertz CT molecular complexity index is 955. The van der Waals surface area contributed by atoms with Gasteiger partial charge in [-0.1, -0.05) is 0 Å². The highest BCUT2D eigenvalue weighted by Gasteiger charge is 2.35. The zero-order valence-electron chi connectivity index (χ0n) is 14.6. The van der Waals surface area contributed by atoms with Crippen LogP contribution in [-0.2, 0) is 19.6 Å². The van der Waals surface area contributed by atoms with Crippen LogP contribution in [0.5, 0.6) is 5.75 Å². The molecule has 0 radical (unpaired) electrons. The molecule has 1 fully saturated rings. The van der Waals surface area contributed by atoms with Crippen molar-refractivity contribution in [1.29, 1.82) is 0 Å². The first-order valence-electron chi connectivity index (χ1n) is 8.16. The van der Waals surface area contributed by atoms with Gasteiger partial charge in [-0.3, -0.25) is 9.59 Å². The van der Waals surface area contributed by atoms with Crippen LogP contribution in [0.3, 0.4) is 0 Å². The summed E-state index contributed by atoms with van der Waals surface area (Å²) in [7, 11) is -2.23. The molecular formula is C18H19N3O5S. The van der Waals surface area contributed by atoms with Gasteiger partial charge in [-0.25, -0.2) is 13.6 Å². The summed E-state index contributed by atoms with van der Waals surface area (Å²) in [5.74, 6) is -0.257. The Balaban J connectivity index is 1.66. The Kier molecular flexibility index (Phi) is 5.15. The van der Waals surface area contributed by atoms with Crippen molar-refractivity contribution in [2.45, 2.75) is 11.3 Å². The van der Waals surface area contributed by atoms with Gasteiger partial charge in [0.2, 0.25) is 21.8 Å². The van der Waals surface area contributed by atoms with E-state index >= 15 is 0 Å². The van der Waals surface area contributed by atoms with Gasteiger partial charge in [0.05, 0.1) is 17.9 Å². The van der Waals surface area contributed by atoms with E-state index in [-0.39, 0.29) is 29.7 Å². The predicted octanol–water partition coefficient (Wildman–Crippen LogP) is 1.33. The molecule has 0 aliphatic carbocycles. The topological polar surface area (TPSA) is 119 Å². The van der Waals surface area contributed by atoms with E-state index in [0.717, 1.165) is 0 Å². The van der Waals surface area contributed by atoms with Crippen LogP contribution in [0.15, 0.2) is 53.4 Å². The molecule has 2 amide bonds. The number of nitrogens with one attached hydrogen (secondary N) is 1. The maximum Gasteiger partial charge on any atom is 0.238 e. The van der Waals surface area contributed by atoms with Crippen LogP contribution >= 0.6 is 0 Å². The molecule has 0 unspecified atom stereocenters. The minimum Gasteiger partial charge on any atom is -0.497 e.